The highest BCUT2D eigenvalue weighted by Crippen LogP contribution is 2.30. The molecule has 3 aromatic rings. The van der Waals surface area contributed by atoms with E-state index in [1.807, 2.05) is 60.7 Å². The molecule has 0 bridgehead atoms. The van der Waals surface area contributed by atoms with Gasteiger partial charge in [-0.15, -0.1) is 0 Å². The van der Waals surface area contributed by atoms with Crippen molar-refractivity contribution >= 4 is 23.3 Å². The Kier molecular flexibility index (Phi) is 7.17. The summed E-state index contributed by atoms with van der Waals surface area (Å²) in [5.41, 5.74) is 3.01. The van der Waals surface area contributed by atoms with Crippen LogP contribution in [0.5, 0.6) is 17.2 Å². The molecule has 176 valence electrons. The van der Waals surface area contributed by atoms with Gasteiger partial charge < -0.3 is 30.2 Å². The molecule has 0 spiro atoms. The first-order chi connectivity index (χ1) is 16.6. The van der Waals surface area contributed by atoms with Gasteiger partial charge in [-0.05, 0) is 60.5 Å². The fourth-order valence-electron chi connectivity index (χ4n) is 3.80. The fourth-order valence-corrected chi connectivity index (χ4v) is 3.80. The molecule has 0 aliphatic carbocycles. The molecule has 3 aromatic carbocycles. The highest BCUT2D eigenvalue weighted by Gasteiger charge is 2.26. The number of rotatable bonds is 7. The van der Waals surface area contributed by atoms with Gasteiger partial charge in [-0.3, -0.25) is 4.79 Å². The van der Waals surface area contributed by atoms with Crippen LogP contribution in [0.1, 0.15) is 11.1 Å². The van der Waals surface area contributed by atoms with Crippen LogP contribution < -0.4 is 30.2 Å². The van der Waals surface area contributed by atoms with Crippen molar-refractivity contribution < 1.29 is 23.8 Å². The number of hydrogen-bond acceptors (Lipinski definition) is 5. The van der Waals surface area contributed by atoms with E-state index in [-0.39, 0.29) is 24.5 Å². The highest BCUT2D eigenvalue weighted by atomic mass is 16.5. The number of fused-ring (bicyclic) bond motifs is 1. The molecule has 0 aromatic heterocycles. The maximum Gasteiger partial charge on any atom is 0.323 e. The van der Waals surface area contributed by atoms with E-state index in [2.05, 4.69) is 16.0 Å². The molecule has 0 saturated carbocycles. The van der Waals surface area contributed by atoms with Gasteiger partial charge >= 0.3 is 6.03 Å². The van der Waals surface area contributed by atoms with Gasteiger partial charge in [0.2, 0.25) is 5.91 Å². The molecule has 34 heavy (non-hydrogen) atoms. The predicted molar refractivity (Wildman–Crippen MR) is 130 cm³/mol. The molecule has 1 heterocycles. The number of methoxy groups -OCH3 is 2. The smallest absolute Gasteiger partial charge is 0.323 e. The molecular formula is C26H27N3O5. The van der Waals surface area contributed by atoms with E-state index in [0.717, 1.165) is 11.1 Å². The molecule has 1 unspecified atom stereocenters. The van der Waals surface area contributed by atoms with Crippen LogP contribution in [0, 0.1) is 5.92 Å². The lowest BCUT2D eigenvalue weighted by molar-refractivity contribution is -0.126. The van der Waals surface area contributed by atoms with Gasteiger partial charge in [0.15, 0.2) is 0 Å². The quantitative estimate of drug-likeness (QED) is 0.490. The molecule has 0 fully saturated rings. The summed E-state index contributed by atoms with van der Waals surface area (Å²) < 4.78 is 16.5. The summed E-state index contributed by atoms with van der Waals surface area (Å²) in [4.78, 5) is 25.2. The van der Waals surface area contributed by atoms with Crippen molar-refractivity contribution in [2.24, 2.45) is 5.92 Å². The lowest BCUT2D eigenvalue weighted by Crippen LogP contribution is -2.37. The number of para-hydroxylation sites is 1. The Balaban J connectivity index is 1.37. The minimum absolute atomic E-state index is 0.115. The van der Waals surface area contributed by atoms with Crippen LogP contribution in [0.25, 0.3) is 0 Å². The van der Waals surface area contributed by atoms with Gasteiger partial charge in [-0.2, -0.15) is 0 Å². The van der Waals surface area contributed by atoms with Crippen LogP contribution in [0.2, 0.25) is 0 Å². The summed E-state index contributed by atoms with van der Waals surface area (Å²) in [5, 5.41) is 8.57. The van der Waals surface area contributed by atoms with Crippen LogP contribution in [-0.4, -0.2) is 32.8 Å². The van der Waals surface area contributed by atoms with Crippen LogP contribution in [0.15, 0.2) is 66.7 Å². The number of amides is 3. The van der Waals surface area contributed by atoms with Crippen LogP contribution in [0.3, 0.4) is 0 Å². The minimum Gasteiger partial charge on any atom is -0.497 e. The van der Waals surface area contributed by atoms with E-state index < -0.39 is 0 Å². The standard InChI is InChI=1S/C26H27N3O5/c1-32-22-9-11-23(33-2)18(14-22)15-27-25(30)19-12-17-13-21(8-10-24(17)34-16-19)29-26(31)28-20-6-4-3-5-7-20/h3-11,13-14,19H,12,15-16H2,1-2H3,(H,27,30)(H2,28,29,31). The zero-order chi connectivity index (χ0) is 23.9. The third kappa shape index (κ3) is 5.58. The van der Waals surface area contributed by atoms with E-state index in [1.165, 1.54) is 0 Å². The molecule has 1 aliphatic heterocycles. The molecule has 3 amide bonds. The van der Waals surface area contributed by atoms with Gasteiger partial charge in [-0.1, -0.05) is 18.2 Å². The third-order valence-electron chi connectivity index (χ3n) is 5.57. The lowest BCUT2D eigenvalue weighted by atomic mass is 9.95. The van der Waals surface area contributed by atoms with Crippen molar-refractivity contribution in [3.8, 4) is 17.2 Å². The van der Waals surface area contributed by atoms with Crippen molar-refractivity contribution in [2.45, 2.75) is 13.0 Å². The number of benzene rings is 3. The maximum absolute atomic E-state index is 12.9. The number of anilines is 2. The fraction of sp³-hybridized carbons (Fsp3) is 0.231. The number of carbonyl (C=O) groups is 2. The van der Waals surface area contributed by atoms with Crippen molar-refractivity contribution in [2.75, 3.05) is 31.5 Å². The lowest BCUT2D eigenvalue weighted by Gasteiger charge is -2.25. The van der Waals surface area contributed by atoms with E-state index in [9.17, 15) is 9.59 Å². The van der Waals surface area contributed by atoms with E-state index in [1.54, 1.807) is 20.3 Å². The second kappa shape index (κ2) is 10.6. The number of urea groups is 1. The molecule has 3 N–H and O–H groups in total. The minimum atomic E-state index is -0.350. The summed E-state index contributed by atoms with van der Waals surface area (Å²) in [6.45, 7) is 0.596. The van der Waals surface area contributed by atoms with E-state index in [4.69, 9.17) is 14.2 Å². The molecular weight excluding hydrogens is 434 g/mol. The summed E-state index contributed by atoms with van der Waals surface area (Å²) in [7, 11) is 3.18. The Morgan fingerprint density at radius 1 is 0.941 bits per heavy atom. The van der Waals surface area contributed by atoms with Crippen molar-refractivity contribution in [1.29, 1.82) is 0 Å². The highest BCUT2D eigenvalue weighted by molar-refractivity contribution is 5.99. The molecule has 1 aliphatic rings. The zero-order valence-electron chi connectivity index (χ0n) is 19.1. The summed E-state index contributed by atoms with van der Waals surface area (Å²) >= 11 is 0. The maximum atomic E-state index is 12.9. The van der Waals surface area contributed by atoms with Gasteiger partial charge in [0.1, 0.15) is 23.9 Å². The first kappa shape index (κ1) is 23.0. The zero-order valence-corrected chi connectivity index (χ0v) is 19.1. The average molecular weight is 462 g/mol. The van der Waals surface area contributed by atoms with Crippen LogP contribution >= 0.6 is 0 Å². The van der Waals surface area contributed by atoms with Crippen molar-refractivity contribution in [3.63, 3.8) is 0 Å². The van der Waals surface area contributed by atoms with Crippen LogP contribution in [-0.2, 0) is 17.8 Å². The second-order valence-electron chi connectivity index (χ2n) is 7.88. The monoisotopic (exact) mass is 461 g/mol. The Bertz CT molecular complexity index is 1170. The van der Waals surface area contributed by atoms with Gasteiger partial charge in [0, 0.05) is 23.5 Å². The Morgan fingerprint density at radius 2 is 1.74 bits per heavy atom. The molecule has 0 radical (unpaired) electrons. The first-order valence-electron chi connectivity index (χ1n) is 10.9. The molecule has 4 rings (SSSR count). The third-order valence-corrected chi connectivity index (χ3v) is 5.57. The Labute approximate surface area is 198 Å². The average Bonchev–Trinajstić information content (AvgIpc) is 2.87. The number of nitrogens with one attached hydrogen (secondary N) is 3. The van der Waals surface area contributed by atoms with E-state index in [0.29, 0.717) is 41.6 Å². The number of hydrogen-bond donors (Lipinski definition) is 3. The van der Waals surface area contributed by atoms with Gasteiger partial charge in [-0.25, -0.2) is 4.79 Å². The number of carbonyl (C=O) groups excluding carboxylic acids is 2. The summed E-state index contributed by atoms with van der Waals surface area (Å²) in [6, 6.07) is 19.7. The Morgan fingerprint density at radius 3 is 2.50 bits per heavy atom. The largest absolute Gasteiger partial charge is 0.497 e. The summed E-state index contributed by atoms with van der Waals surface area (Å²) in [5.74, 6) is 1.62. The van der Waals surface area contributed by atoms with Crippen LogP contribution in [0.4, 0.5) is 16.2 Å². The van der Waals surface area contributed by atoms with Gasteiger partial charge in [0.05, 0.1) is 20.1 Å². The van der Waals surface area contributed by atoms with Crippen molar-refractivity contribution in [1.82, 2.24) is 5.32 Å². The molecule has 8 heteroatoms. The predicted octanol–water partition coefficient (Wildman–Crippen LogP) is 4.22. The van der Waals surface area contributed by atoms with E-state index >= 15 is 0 Å². The van der Waals surface area contributed by atoms with Gasteiger partial charge in [0.25, 0.3) is 0 Å². The number of ether oxygens (including phenoxy) is 3. The Hall–Kier alpha value is -4.20. The normalized spacial score (nSPS) is 14.2. The molecule has 1 atom stereocenters. The molecule has 0 saturated heterocycles. The summed E-state index contributed by atoms with van der Waals surface area (Å²) in [6.07, 6.45) is 0.506. The molecule has 8 nitrogen and oxygen atoms in total. The SMILES string of the molecule is COc1ccc(OC)c(CNC(=O)C2COc3ccc(NC(=O)Nc4ccccc4)cc3C2)c1. The second-order valence-corrected chi connectivity index (χ2v) is 7.88. The van der Waals surface area contributed by atoms with Crippen molar-refractivity contribution in [3.05, 3.63) is 77.9 Å². The first-order valence-corrected chi connectivity index (χ1v) is 10.9. The topological polar surface area (TPSA) is 97.9 Å².